The van der Waals surface area contributed by atoms with E-state index in [4.69, 9.17) is 20.9 Å². The number of halogens is 3. The van der Waals surface area contributed by atoms with Crippen LogP contribution in [0.3, 0.4) is 0 Å². The molecule has 0 saturated heterocycles. The molecule has 3 aromatic rings. The molecule has 176 valence electrons. The number of benzene rings is 3. The second kappa shape index (κ2) is 10.6. The molecular weight excluding hydrogens is 479 g/mol. The van der Waals surface area contributed by atoms with Crippen LogP contribution in [0.15, 0.2) is 60.7 Å². The molecule has 0 spiro atoms. The minimum absolute atomic E-state index is 0.0102. The number of rotatable bonds is 9. The van der Waals surface area contributed by atoms with Crippen LogP contribution >= 0.6 is 18.2 Å². The number of hydrogen-bond acceptors (Lipinski definition) is 6. The minimum atomic E-state index is -4.68. The Labute approximate surface area is 193 Å². The highest BCUT2D eigenvalue weighted by Crippen LogP contribution is 2.48. The fraction of sp³-hybridized carbons (Fsp3) is 0.227. The molecule has 1 N–H and O–H groups in total. The molecule has 0 aromatic heterocycles. The molecular formula is C22H21ClF2NO6P. The zero-order valence-electron chi connectivity index (χ0n) is 17.7. The summed E-state index contributed by atoms with van der Waals surface area (Å²) in [6.45, 7) is -1.89. The van der Waals surface area contributed by atoms with E-state index in [1.165, 1.54) is 6.07 Å². The van der Waals surface area contributed by atoms with Crippen molar-refractivity contribution in [1.29, 1.82) is 0 Å². The first-order valence-electron chi connectivity index (χ1n) is 9.83. The van der Waals surface area contributed by atoms with Gasteiger partial charge in [0.2, 0.25) is 0 Å². The second-order valence-electron chi connectivity index (χ2n) is 7.41. The molecule has 1 unspecified atom stereocenters. The van der Waals surface area contributed by atoms with Gasteiger partial charge in [-0.1, -0.05) is 56.3 Å². The second-order valence-corrected chi connectivity index (χ2v) is 9.78. The van der Waals surface area contributed by atoms with Crippen molar-refractivity contribution in [1.82, 2.24) is 5.23 Å². The zero-order chi connectivity index (χ0) is 24.2. The summed E-state index contributed by atoms with van der Waals surface area (Å²) >= 11 is 5.21. The van der Waals surface area contributed by atoms with Gasteiger partial charge in [0, 0.05) is 28.3 Å². The van der Waals surface area contributed by atoms with Crippen molar-refractivity contribution in [3.63, 3.8) is 0 Å². The van der Waals surface area contributed by atoms with Gasteiger partial charge in [-0.05, 0) is 28.7 Å². The molecule has 2 atom stereocenters. The maximum Gasteiger partial charge on any atom is 0.476 e. The number of fused-ring (bicyclic) bond motifs is 1. The van der Waals surface area contributed by atoms with Gasteiger partial charge < -0.3 is 14.3 Å². The lowest BCUT2D eigenvalue weighted by Gasteiger charge is -2.30. The Morgan fingerprint density at radius 3 is 2.48 bits per heavy atom. The lowest BCUT2D eigenvalue weighted by molar-refractivity contribution is -0.347. The van der Waals surface area contributed by atoms with Crippen LogP contribution in [0.25, 0.3) is 10.8 Å². The SMILES string of the molecule is CC(C)[C@@H](C(=O)OP(=O)(O)Cl)N(OCc1ccc(F)cc1F)Oc1cccc2ccccc12. The predicted octanol–water partition coefficient (Wildman–Crippen LogP) is 5.75. The van der Waals surface area contributed by atoms with E-state index in [0.29, 0.717) is 17.2 Å². The van der Waals surface area contributed by atoms with Gasteiger partial charge in [-0.2, -0.15) is 0 Å². The molecule has 7 nitrogen and oxygen atoms in total. The van der Waals surface area contributed by atoms with Crippen molar-refractivity contribution in [3.8, 4) is 5.75 Å². The Morgan fingerprint density at radius 2 is 1.82 bits per heavy atom. The summed E-state index contributed by atoms with van der Waals surface area (Å²) in [6.07, 6.45) is 0. The third kappa shape index (κ3) is 6.72. The summed E-state index contributed by atoms with van der Waals surface area (Å²) in [5.74, 6) is -3.07. The van der Waals surface area contributed by atoms with Crippen LogP contribution in [0.5, 0.6) is 5.75 Å². The Balaban J connectivity index is 1.96. The van der Waals surface area contributed by atoms with Gasteiger partial charge in [0.25, 0.3) is 0 Å². The highest BCUT2D eigenvalue weighted by molar-refractivity contribution is 7.80. The van der Waals surface area contributed by atoms with E-state index in [-0.39, 0.29) is 5.56 Å². The van der Waals surface area contributed by atoms with Gasteiger partial charge in [-0.15, -0.1) is 0 Å². The monoisotopic (exact) mass is 499 g/mol. The highest BCUT2D eigenvalue weighted by Gasteiger charge is 2.38. The van der Waals surface area contributed by atoms with Crippen LogP contribution in [0.2, 0.25) is 0 Å². The van der Waals surface area contributed by atoms with Crippen molar-refractivity contribution in [2.24, 2.45) is 5.92 Å². The molecule has 0 aliphatic heterocycles. The normalized spacial score (nSPS) is 14.3. The molecule has 0 heterocycles. The molecule has 0 radical (unpaired) electrons. The van der Waals surface area contributed by atoms with E-state index in [1.807, 2.05) is 18.2 Å². The molecule has 0 saturated carbocycles. The fourth-order valence-electron chi connectivity index (χ4n) is 3.07. The van der Waals surface area contributed by atoms with Crippen LogP contribution < -0.4 is 4.84 Å². The van der Waals surface area contributed by atoms with Gasteiger partial charge in [-0.25, -0.2) is 18.1 Å². The van der Waals surface area contributed by atoms with Crippen LogP contribution in [0, 0.1) is 17.6 Å². The third-order valence-corrected chi connectivity index (χ3v) is 5.22. The van der Waals surface area contributed by atoms with Gasteiger partial charge in [-0.3, -0.25) is 4.84 Å². The Bertz CT molecular complexity index is 1180. The lowest BCUT2D eigenvalue weighted by Crippen LogP contribution is -2.47. The number of hydroxylamine groups is 2. The molecule has 0 aliphatic carbocycles. The summed E-state index contributed by atoms with van der Waals surface area (Å²) in [6, 6.07) is 14.0. The lowest BCUT2D eigenvalue weighted by atomic mass is 10.1. The van der Waals surface area contributed by atoms with Crippen molar-refractivity contribution < 1.29 is 37.2 Å². The molecule has 0 fully saturated rings. The molecule has 0 bridgehead atoms. The smallest absolute Gasteiger partial charge is 0.379 e. The predicted molar refractivity (Wildman–Crippen MR) is 118 cm³/mol. The van der Waals surface area contributed by atoms with Crippen LogP contribution in [-0.2, 0) is 25.3 Å². The summed E-state index contributed by atoms with van der Waals surface area (Å²) < 4.78 is 43.3. The summed E-state index contributed by atoms with van der Waals surface area (Å²) in [4.78, 5) is 33.4. The number of hydrogen-bond donors (Lipinski definition) is 1. The van der Waals surface area contributed by atoms with E-state index in [9.17, 15) is 23.0 Å². The van der Waals surface area contributed by atoms with E-state index in [1.54, 1.807) is 38.1 Å². The quantitative estimate of drug-likeness (QED) is 0.296. The molecule has 3 rings (SSSR count). The maximum absolute atomic E-state index is 14.1. The Kier molecular flexibility index (Phi) is 8.05. The van der Waals surface area contributed by atoms with Crippen LogP contribution in [-0.4, -0.2) is 22.1 Å². The minimum Gasteiger partial charge on any atom is -0.379 e. The molecule has 0 amide bonds. The summed E-state index contributed by atoms with van der Waals surface area (Å²) in [7, 11) is 0. The van der Waals surface area contributed by atoms with Gasteiger partial charge in [0.15, 0.2) is 11.8 Å². The Morgan fingerprint density at radius 1 is 1.12 bits per heavy atom. The molecule has 3 aromatic carbocycles. The van der Waals surface area contributed by atoms with E-state index < -0.39 is 43.1 Å². The maximum atomic E-state index is 14.1. The topological polar surface area (TPSA) is 85.3 Å². The number of carbonyl (C=O) groups excluding carboxylic acids is 1. The first-order valence-corrected chi connectivity index (χ1v) is 12.3. The first kappa shape index (κ1) is 25.1. The van der Waals surface area contributed by atoms with Crippen LogP contribution in [0.1, 0.15) is 19.4 Å². The first-order chi connectivity index (χ1) is 15.5. The van der Waals surface area contributed by atoms with Crippen LogP contribution in [0.4, 0.5) is 8.78 Å². The average Bonchev–Trinajstić information content (AvgIpc) is 2.71. The van der Waals surface area contributed by atoms with E-state index >= 15 is 0 Å². The van der Waals surface area contributed by atoms with Crippen molar-refractivity contribution in [2.75, 3.05) is 0 Å². The van der Waals surface area contributed by atoms with E-state index in [2.05, 4.69) is 4.52 Å². The molecule has 11 heteroatoms. The average molecular weight is 500 g/mol. The summed E-state index contributed by atoms with van der Waals surface area (Å²) in [5.41, 5.74) is -0.0102. The van der Waals surface area contributed by atoms with Gasteiger partial charge in [0.05, 0.1) is 0 Å². The Hall–Kier alpha value is -2.55. The summed E-state index contributed by atoms with van der Waals surface area (Å²) in [5, 5.41) is 2.29. The van der Waals surface area contributed by atoms with Gasteiger partial charge >= 0.3 is 12.9 Å². The fourth-order valence-corrected chi connectivity index (χ4v) is 3.61. The number of nitrogens with zero attached hydrogens (tertiary/aromatic N) is 1. The number of carbonyl (C=O) groups is 1. The molecule has 33 heavy (non-hydrogen) atoms. The standard InChI is InChI=1S/C22H21ClF2NO6P/c1-14(2)21(22(27)32-33(23,28)29)26(30-13-16-10-11-17(24)12-19(16)25)31-20-9-5-7-15-6-3-4-8-18(15)20/h3-12,14,21H,13H2,1-2H3,(H,28,29)/t21-/m0/s1. The third-order valence-electron chi connectivity index (χ3n) is 4.60. The van der Waals surface area contributed by atoms with Crippen molar-refractivity contribution in [3.05, 3.63) is 77.9 Å². The van der Waals surface area contributed by atoms with E-state index in [0.717, 1.165) is 16.7 Å². The van der Waals surface area contributed by atoms with Crippen molar-refractivity contribution in [2.45, 2.75) is 26.5 Å². The largest absolute Gasteiger partial charge is 0.476 e. The highest BCUT2D eigenvalue weighted by atomic mass is 35.7. The van der Waals surface area contributed by atoms with Crippen molar-refractivity contribution >= 4 is 34.9 Å². The molecule has 0 aliphatic rings. The zero-order valence-corrected chi connectivity index (χ0v) is 19.3. The van der Waals surface area contributed by atoms with Gasteiger partial charge in [0.1, 0.15) is 18.2 Å².